The van der Waals surface area contributed by atoms with Crippen molar-refractivity contribution >= 4 is 34.0 Å². The smallest absolute Gasteiger partial charge is 0.300 e. The second-order valence-electron chi connectivity index (χ2n) is 4.38. The van der Waals surface area contributed by atoms with Crippen LogP contribution in [0.4, 0.5) is 5.69 Å². The monoisotopic (exact) mass is 317 g/mol. The van der Waals surface area contributed by atoms with Gasteiger partial charge < -0.3 is 5.32 Å². The maximum atomic E-state index is 12.1. The molecule has 0 unspecified atom stereocenters. The number of rotatable bonds is 3. The highest BCUT2D eigenvalue weighted by molar-refractivity contribution is 7.85. The van der Waals surface area contributed by atoms with Gasteiger partial charge in [-0.3, -0.25) is 19.1 Å². The topological polar surface area (TPSA) is 102 Å². The molecule has 2 heterocycles. The SMILES string of the molecule is O=C(NC1CCS(=O)CC1)c1cc(Cl)ncc1[N+](=O)[O-]. The van der Waals surface area contributed by atoms with Gasteiger partial charge in [-0.25, -0.2) is 4.98 Å². The number of amides is 1. The molecule has 9 heteroatoms. The second kappa shape index (κ2) is 6.27. The molecule has 1 N–H and O–H groups in total. The number of nitro groups is 1. The molecule has 0 bridgehead atoms. The van der Waals surface area contributed by atoms with Crippen LogP contribution in [0.3, 0.4) is 0 Å². The normalized spacial score (nSPS) is 22.2. The summed E-state index contributed by atoms with van der Waals surface area (Å²) in [6, 6.07) is 1.06. The molecule has 108 valence electrons. The van der Waals surface area contributed by atoms with Crippen LogP contribution in [-0.2, 0) is 10.8 Å². The number of nitrogens with one attached hydrogen (secondary N) is 1. The Morgan fingerprint density at radius 1 is 1.50 bits per heavy atom. The number of carbonyl (C=O) groups is 1. The van der Waals surface area contributed by atoms with E-state index in [9.17, 15) is 19.1 Å². The molecule has 1 aromatic heterocycles. The zero-order valence-corrected chi connectivity index (χ0v) is 11.9. The van der Waals surface area contributed by atoms with Crippen molar-refractivity contribution in [1.29, 1.82) is 0 Å². The maximum absolute atomic E-state index is 12.1. The average Bonchev–Trinajstić information content (AvgIpc) is 2.41. The lowest BCUT2D eigenvalue weighted by molar-refractivity contribution is -0.385. The molecule has 1 aromatic rings. The summed E-state index contributed by atoms with van der Waals surface area (Å²) in [5.74, 6) is 0.507. The summed E-state index contributed by atoms with van der Waals surface area (Å²) in [6.45, 7) is 0. The minimum Gasteiger partial charge on any atom is -0.349 e. The van der Waals surface area contributed by atoms with E-state index in [-0.39, 0.29) is 22.4 Å². The molecule has 1 aliphatic heterocycles. The van der Waals surface area contributed by atoms with Crippen LogP contribution in [-0.4, -0.2) is 37.6 Å². The lowest BCUT2D eigenvalue weighted by Gasteiger charge is -2.22. The molecule has 1 fully saturated rings. The van der Waals surface area contributed by atoms with Crippen molar-refractivity contribution in [3.63, 3.8) is 0 Å². The van der Waals surface area contributed by atoms with E-state index in [2.05, 4.69) is 10.3 Å². The molecule has 1 amide bonds. The summed E-state index contributed by atoms with van der Waals surface area (Å²) in [4.78, 5) is 25.9. The second-order valence-corrected chi connectivity index (χ2v) is 6.46. The zero-order chi connectivity index (χ0) is 14.7. The van der Waals surface area contributed by atoms with Gasteiger partial charge in [0.05, 0.1) is 4.92 Å². The van der Waals surface area contributed by atoms with E-state index in [1.54, 1.807) is 0 Å². The molecule has 7 nitrogen and oxygen atoms in total. The number of pyridine rings is 1. The number of hydrogen-bond acceptors (Lipinski definition) is 5. The fraction of sp³-hybridized carbons (Fsp3) is 0.455. The quantitative estimate of drug-likeness (QED) is 0.514. The number of aromatic nitrogens is 1. The Morgan fingerprint density at radius 2 is 2.15 bits per heavy atom. The Labute approximate surface area is 122 Å². The number of halogens is 1. The van der Waals surface area contributed by atoms with Crippen LogP contribution in [0.15, 0.2) is 12.3 Å². The Bertz CT molecular complexity index is 571. The van der Waals surface area contributed by atoms with Crippen LogP contribution >= 0.6 is 11.6 Å². The average molecular weight is 318 g/mol. The molecular formula is C11H12ClN3O4S. The van der Waals surface area contributed by atoms with Gasteiger partial charge in [0.25, 0.3) is 11.6 Å². The number of hydrogen-bond donors (Lipinski definition) is 1. The van der Waals surface area contributed by atoms with E-state index in [4.69, 9.17) is 11.6 Å². The Morgan fingerprint density at radius 3 is 2.75 bits per heavy atom. The molecule has 1 saturated heterocycles. The van der Waals surface area contributed by atoms with E-state index in [0.29, 0.717) is 24.3 Å². The van der Waals surface area contributed by atoms with Crippen molar-refractivity contribution in [3.8, 4) is 0 Å². The van der Waals surface area contributed by atoms with Crippen LogP contribution in [0.1, 0.15) is 23.2 Å². The zero-order valence-electron chi connectivity index (χ0n) is 10.4. The third-order valence-corrected chi connectivity index (χ3v) is 4.60. The molecule has 0 spiro atoms. The summed E-state index contributed by atoms with van der Waals surface area (Å²) < 4.78 is 11.2. The lowest BCUT2D eigenvalue weighted by Crippen LogP contribution is -2.39. The summed E-state index contributed by atoms with van der Waals surface area (Å²) in [7, 11) is -0.826. The van der Waals surface area contributed by atoms with Gasteiger partial charge in [0.1, 0.15) is 16.9 Å². The van der Waals surface area contributed by atoms with Gasteiger partial charge in [0.15, 0.2) is 0 Å². The van der Waals surface area contributed by atoms with Crippen molar-refractivity contribution in [2.45, 2.75) is 18.9 Å². The minimum atomic E-state index is -0.826. The predicted octanol–water partition coefficient (Wildman–Crippen LogP) is 1.28. The molecule has 1 aliphatic rings. The highest BCUT2D eigenvalue weighted by atomic mass is 35.5. The van der Waals surface area contributed by atoms with Gasteiger partial charge in [0, 0.05) is 28.3 Å². The van der Waals surface area contributed by atoms with E-state index in [1.165, 1.54) is 6.07 Å². The Kier molecular flexibility index (Phi) is 4.66. The van der Waals surface area contributed by atoms with Gasteiger partial charge in [0.2, 0.25) is 0 Å². The van der Waals surface area contributed by atoms with Crippen molar-refractivity contribution in [2.24, 2.45) is 0 Å². The third-order valence-electron chi connectivity index (χ3n) is 3.01. The first-order chi connectivity index (χ1) is 9.47. The van der Waals surface area contributed by atoms with Crippen LogP contribution in [0.25, 0.3) is 0 Å². The minimum absolute atomic E-state index is 0.0190. The Balaban J connectivity index is 2.14. The highest BCUT2D eigenvalue weighted by Crippen LogP contribution is 2.21. The van der Waals surface area contributed by atoms with Gasteiger partial charge in [-0.05, 0) is 18.9 Å². The largest absolute Gasteiger partial charge is 0.349 e. The van der Waals surface area contributed by atoms with Crippen molar-refractivity contribution < 1.29 is 13.9 Å². The molecule has 0 saturated carbocycles. The lowest BCUT2D eigenvalue weighted by atomic mass is 10.1. The van der Waals surface area contributed by atoms with Gasteiger partial charge in [-0.15, -0.1) is 0 Å². The van der Waals surface area contributed by atoms with Crippen molar-refractivity contribution in [2.75, 3.05) is 11.5 Å². The fourth-order valence-electron chi connectivity index (χ4n) is 1.95. The predicted molar refractivity (Wildman–Crippen MR) is 74.3 cm³/mol. The van der Waals surface area contributed by atoms with E-state index in [0.717, 1.165) is 6.20 Å². The van der Waals surface area contributed by atoms with Crippen molar-refractivity contribution in [1.82, 2.24) is 10.3 Å². The van der Waals surface area contributed by atoms with E-state index in [1.807, 2.05) is 0 Å². The Hall–Kier alpha value is -1.54. The number of nitrogens with zero attached hydrogens (tertiary/aromatic N) is 2. The standard InChI is InChI=1S/C11H12ClN3O4S/c12-10-5-8(9(6-13-10)15(17)18)11(16)14-7-1-3-20(19)4-2-7/h5-7H,1-4H2,(H,14,16). The first kappa shape index (κ1) is 14.9. The molecular weight excluding hydrogens is 306 g/mol. The fourth-order valence-corrected chi connectivity index (χ4v) is 3.41. The van der Waals surface area contributed by atoms with Crippen LogP contribution in [0.2, 0.25) is 5.15 Å². The summed E-state index contributed by atoms with van der Waals surface area (Å²) in [5, 5.41) is 13.6. The van der Waals surface area contributed by atoms with Crippen LogP contribution < -0.4 is 5.32 Å². The number of carbonyl (C=O) groups excluding carboxylic acids is 1. The van der Waals surface area contributed by atoms with Gasteiger partial charge in [-0.1, -0.05) is 11.6 Å². The van der Waals surface area contributed by atoms with Crippen LogP contribution in [0.5, 0.6) is 0 Å². The van der Waals surface area contributed by atoms with Crippen molar-refractivity contribution in [3.05, 3.63) is 33.1 Å². The van der Waals surface area contributed by atoms with Gasteiger partial charge in [-0.2, -0.15) is 0 Å². The first-order valence-electron chi connectivity index (χ1n) is 5.93. The van der Waals surface area contributed by atoms with E-state index >= 15 is 0 Å². The first-order valence-corrected chi connectivity index (χ1v) is 7.79. The molecule has 0 atom stereocenters. The summed E-state index contributed by atoms with van der Waals surface area (Å²) in [5.41, 5.74) is -0.493. The highest BCUT2D eigenvalue weighted by Gasteiger charge is 2.25. The molecule has 0 radical (unpaired) electrons. The molecule has 0 aliphatic carbocycles. The maximum Gasteiger partial charge on any atom is 0.300 e. The third kappa shape index (κ3) is 3.51. The summed E-state index contributed by atoms with van der Waals surface area (Å²) >= 11 is 5.67. The summed E-state index contributed by atoms with van der Waals surface area (Å²) in [6.07, 6.45) is 2.17. The molecule has 2 rings (SSSR count). The van der Waals surface area contributed by atoms with E-state index < -0.39 is 21.6 Å². The molecule has 20 heavy (non-hydrogen) atoms. The van der Waals surface area contributed by atoms with Gasteiger partial charge >= 0.3 is 0 Å². The molecule has 0 aromatic carbocycles. The van der Waals surface area contributed by atoms with Crippen LogP contribution in [0, 0.1) is 10.1 Å².